The lowest BCUT2D eigenvalue weighted by atomic mass is 10.00. The van der Waals surface area contributed by atoms with Gasteiger partial charge in [0.05, 0.1) is 5.00 Å². The van der Waals surface area contributed by atoms with Gasteiger partial charge in [-0.05, 0) is 40.6 Å². The standard InChI is InChI=1S/C19H13NS2/c1-10-8-11-2-4-13-14-5-3-12-9-17(20)22-19(12)16(14)7-6-15(13)18(11)21-10/h2-9H,20H2,1H3. The summed E-state index contributed by atoms with van der Waals surface area (Å²) >= 11 is 3.56. The van der Waals surface area contributed by atoms with E-state index in [9.17, 15) is 0 Å². The van der Waals surface area contributed by atoms with Crippen molar-refractivity contribution in [1.82, 2.24) is 0 Å². The number of hydrogen-bond acceptors (Lipinski definition) is 3. The van der Waals surface area contributed by atoms with Crippen LogP contribution in [0, 0.1) is 6.92 Å². The molecule has 0 atom stereocenters. The van der Waals surface area contributed by atoms with Crippen LogP contribution in [0.3, 0.4) is 0 Å². The first-order valence-corrected chi connectivity index (χ1v) is 8.87. The molecule has 2 heterocycles. The molecule has 5 rings (SSSR count). The molecule has 0 aliphatic heterocycles. The maximum atomic E-state index is 5.99. The summed E-state index contributed by atoms with van der Waals surface area (Å²) in [7, 11) is 0. The van der Waals surface area contributed by atoms with E-state index in [4.69, 9.17) is 5.73 Å². The Labute approximate surface area is 135 Å². The van der Waals surface area contributed by atoms with Crippen LogP contribution in [0.4, 0.5) is 5.00 Å². The molecule has 0 amide bonds. The van der Waals surface area contributed by atoms with E-state index < -0.39 is 0 Å². The van der Waals surface area contributed by atoms with Gasteiger partial charge in [0.15, 0.2) is 0 Å². The number of thiophene rings is 2. The zero-order valence-electron chi connectivity index (χ0n) is 12.0. The van der Waals surface area contributed by atoms with Gasteiger partial charge in [-0.3, -0.25) is 0 Å². The molecule has 5 aromatic rings. The molecule has 0 radical (unpaired) electrons. The molecule has 2 aromatic heterocycles. The second kappa shape index (κ2) is 4.22. The SMILES string of the molecule is Cc1cc2ccc3c4ccc5cc(N)sc5c4ccc3c2s1. The summed E-state index contributed by atoms with van der Waals surface area (Å²) in [5.74, 6) is 0. The number of nitrogens with two attached hydrogens (primary N) is 1. The normalized spacial score (nSPS) is 12.0. The van der Waals surface area contributed by atoms with E-state index in [2.05, 4.69) is 55.5 Å². The molecular weight excluding hydrogens is 306 g/mol. The van der Waals surface area contributed by atoms with Gasteiger partial charge in [0.2, 0.25) is 0 Å². The minimum atomic E-state index is 0.881. The van der Waals surface area contributed by atoms with Gasteiger partial charge in [0.25, 0.3) is 0 Å². The monoisotopic (exact) mass is 319 g/mol. The second-order valence-corrected chi connectivity index (χ2v) is 8.07. The van der Waals surface area contributed by atoms with Gasteiger partial charge < -0.3 is 5.73 Å². The van der Waals surface area contributed by atoms with Crippen molar-refractivity contribution in [3.05, 3.63) is 53.4 Å². The Hall–Kier alpha value is -2.10. The Balaban J connectivity index is 2.03. The molecule has 22 heavy (non-hydrogen) atoms. The predicted molar refractivity (Wildman–Crippen MR) is 101 cm³/mol. The molecule has 0 aliphatic carbocycles. The Morgan fingerprint density at radius 2 is 1.23 bits per heavy atom. The summed E-state index contributed by atoms with van der Waals surface area (Å²) < 4.78 is 2.68. The Kier molecular flexibility index (Phi) is 2.38. The number of fused-ring (bicyclic) bond motifs is 7. The van der Waals surface area contributed by atoms with Gasteiger partial charge in [-0.25, -0.2) is 0 Å². The van der Waals surface area contributed by atoms with Crippen molar-refractivity contribution >= 4 is 69.4 Å². The van der Waals surface area contributed by atoms with Gasteiger partial charge in [-0.15, -0.1) is 22.7 Å². The van der Waals surface area contributed by atoms with Crippen LogP contribution in [0.2, 0.25) is 0 Å². The fraction of sp³-hybridized carbons (Fsp3) is 0.0526. The fourth-order valence-electron chi connectivity index (χ4n) is 3.37. The summed E-state index contributed by atoms with van der Waals surface area (Å²) in [5.41, 5.74) is 5.99. The molecule has 0 saturated heterocycles. The van der Waals surface area contributed by atoms with Gasteiger partial charge in [-0.1, -0.05) is 36.4 Å². The van der Waals surface area contributed by atoms with E-state index in [1.165, 1.54) is 46.6 Å². The van der Waals surface area contributed by atoms with Crippen molar-refractivity contribution in [3.63, 3.8) is 0 Å². The first kappa shape index (κ1) is 12.4. The van der Waals surface area contributed by atoms with Crippen LogP contribution in [0.5, 0.6) is 0 Å². The van der Waals surface area contributed by atoms with Crippen molar-refractivity contribution in [1.29, 1.82) is 0 Å². The maximum absolute atomic E-state index is 5.99. The van der Waals surface area contributed by atoms with Crippen LogP contribution in [0.15, 0.2) is 48.5 Å². The van der Waals surface area contributed by atoms with Gasteiger partial charge >= 0.3 is 0 Å². The average Bonchev–Trinajstić information content (AvgIpc) is 3.07. The van der Waals surface area contributed by atoms with Crippen LogP contribution in [0.25, 0.3) is 41.7 Å². The number of aryl methyl sites for hydroxylation is 1. The summed E-state index contributed by atoms with van der Waals surface area (Å²) in [5, 5.41) is 8.77. The highest BCUT2D eigenvalue weighted by atomic mass is 32.1. The largest absolute Gasteiger partial charge is 0.391 e. The average molecular weight is 319 g/mol. The van der Waals surface area contributed by atoms with Crippen LogP contribution in [-0.2, 0) is 0 Å². The molecule has 0 bridgehead atoms. The molecule has 0 aliphatic rings. The Bertz CT molecular complexity index is 1100. The molecule has 106 valence electrons. The molecule has 0 fully saturated rings. The predicted octanol–water partition coefficient (Wildman–Crippen LogP) is 6.31. The minimum absolute atomic E-state index is 0.881. The maximum Gasteiger partial charge on any atom is 0.0869 e. The van der Waals surface area contributed by atoms with Crippen molar-refractivity contribution in [2.75, 3.05) is 5.73 Å². The van der Waals surface area contributed by atoms with E-state index >= 15 is 0 Å². The Morgan fingerprint density at radius 1 is 0.682 bits per heavy atom. The van der Waals surface area contributed by atoms with Crippen molar-refractivity contribution < 1.29 is 0 Å². The quantitative estimate of drug-likeness (QED) is 0.332. The van der Waals surface area contributed by atoms with E-state index in [0.717, 1.165) is 5.00 Å². The van der Waals surface area contributed by atoms with Crippen molar-refractivity contribution in [3.8, 4) is 0 Å². The first-order valence-electron chi connectivity index (χ1n) is 7.24. The first-order chi connectivity index (χ1) is 10.7. The Morgan fingerprint density at radius 3 is 1.91 bits per heavy atom. The third-order valence-electron chi connectivity index (χ3n) is 4.30. The highest BCUT2D eigenvalue weighted by Crippen LogP contribution is 2.40. The molecule has 0 saturated carbocycles. The van der Waals surface area contributed by atoms with Crippen molar-refractivity contribution in [2.45, 2.75) is 6.92 Å². The van der Waals surface area contributed by atoms with Gasteiger partial charge in [0, 0.05) is 25.0 Å². The highest BCUT2D eigenvalue weighted by molar-refractivity contribution is 7.23. The number of hydrogen-bond donors (Lipinski definition) is 1. The zero-order valence-corrected chi connectivity index (χ0v) is 13.6. The number of rotatable bonds is 0. The lowest BCUT2D eigenvalue weighted by molar-refractivity contribution is 1.66. The van der Waals surface area contributed by atoms with E-state index in [-0.39, 0.29) is 0 Å². The second-order valence-electron chi connectivity index (χ2n) is 5.73. The van der Waals surface area contributed by atoms with Crippen molar-refractivity contribution in [2.24, 2.45) is 0 Å². The molecule has 2 N–H and O–H groups in total. The molecule has 0 spiro atoms. The number of nitrogen functional groups attached to an aromatic ring is 1. The zero-order chi connectivity index (χ0) is 14.8. The molecular formula is C19H13NS2. The summed E-state index contributed by atoms with van der Waals surface area (Å²) in [6.07, 6.45) is 0. The molecule has 3 aromatic carbocycles. The van der Waals surface area contributed by atoms with Crippen LogP contribution >= 0.6 is 22.7 Å². The smallest absolute Gasteiger partial charge is 0.0869 e. The minimum Gasteiger partial charge on any atom is -0.391 e. The third-order valence-corrected chi connectivity index (χ3v) is 6.41. The van der Waals surface area contributed by atoms with E-state index in [0.29, 0.717) is 0 Å². The number of anilines is 1. The van der Waals surface area contributed by atoms with Gasteiger partial charge in [0.1, 0.15) is 0 Å². The lowest BCUT2D eigenvalue weighted by Gasteiger charge is -2.06. The summed E-state index contributed by atoms with van der Waals surface area (Å²) in [4.78, 5) is 1.36. The molecule has 0 unspecified atom stereocenters. The lowest BCUT2D eigenvalue weighted by Crippen LogP contribution is -1.78. The summed E-state index contributed by atoms with van der Waals surface area (Å²) in [6, 6.07) is 17.8. The third kappa shape index (κ3) is 1.58. The molecule has 1 nitrogen and oxygen atoms in total. The van der Waals surface area contributed by atoms with E-state index in [1.54, 1.807) is 11.3 Å². The highest BCUT2D eigenvalue weighted by Gasteiger charge is 2.10. The van der Waals surface area contributed by atoms with Gasteiger partial charge in [-0.2, -0.15) is 0 Å². The number of benzene rings is 3. The topological polar surface area (TPSA) is 26.0 Å². The van der Waals surface area contributed by atoms with Crippen LogP contribution in [0.1, 0.15) is 4.88 Å². The van der Waals surface area contributed by atoms with Crippen LogP contribution < -0.4 is 5.73 Å². The van der Waals surface area contributed by atoms with E-state index in [1.807, 2.05) is 11.3 Å². The van der Waals surface area contributed by atoms with Crippen LogP contribution in [-0.4, -0.2) is 0 Å². The fourth-order valence-corrected chi connectivity index (χ4v) is 5.36. The molecule has 3 heteroatoms. The summed E-state index contributed by atoms with van der Waals surface area (Å²) in [6.45, 7) is 2.18.